The van der Waals surface area contributed by atoms with E-state index in [2.05, 4.69) is 39.3 Å². The summed E-state index contributed by atoms with van der Waals surface area (Å²) < 4.78 is 0. The molecule has 0 saturated heterocycles. The van der Waals surface area contributed by atoms with Crippen LogP contribution in [0.4, 0.5) is 0 Å². The number of hydrogen-bond acceptors (Lipinski definition) is 1. The molecular formula is C10H19N. The van der Waals surface area contributed by atoms with Gasteiger partial charge in [-0.2, -0.15) is 0 Å². The minimum absolute atomic E-state index is 0.443. The van der Waals surface area contributed by atoms with Crippen molar-refractivity contribution in [3.05, 3.63) is 12.3 Å². The van der Waals surface area contributed by atoms with Gasteiger partial charge in [-0.05, 0) is 26.7 Å². The van der Waals surface area contributed by atoms with Crippen molar-refractivity contribution in [1.82, 2.24) is 4.90 Å². The lowest BCUT2D eigenvalue weighted by atomic mass is 10.1. The average molecular weight is 153 g/mol. The minimum Gasteiger partial charge on any atom is -0.375 e. The zero-order valence-electron chi connectivity index (χ0n) is 8.15. The fourth-order valence-electron chi connectivity index (χ4n) is 1.21. The summed E-state index contributed by atoms with van der Waals surface area (Å²) in [4.78, 5) is 2.28. The molecule has 1 aliphatic rings. The molecule has 0 atom stereocenters. The molecule has 1 heteroatoms. The van der Waals surface area contributed by atoms with Gasteiger partial charge in [0.05, 0.1) is 0 Å². The lowest BCUT2D eigenvalue weighted by Crippen LogP contribution is -2.28. The average Bonchev–Trinajstić information content (AvgIpc) is 2.66. The molecule has 1 rings (SSSR count). The van der Waals surface area contributed by atoms with Gasteiger partial charge in [0, 0.05) is 24.2 Å². The maximum Gasteiger partial charge on any atom is 0.0227 e. The van der Waals surface area contributed by atoms with Crippen LogP contribution in [0.2, 0.25) is 0 Å². The third kappa shape index (κ3) is 1.58. The first kappa shape index (κ1) is 8.63. The quantitative estimate of drug-likeness (QED) is 0.602. The molecule has 0 amide bonds. The third-order valence-corrected chi connectivity index (χ3v) is 2.90. The largest absolute Gasteiger partial charge is 0.375 e. The fraction of sp³-hybridized carbons (Fsp3) is 0.800. The van der Waals surface area contributed by atoms with Crippen LogP contribution in [0.5, 0.6) is 0 Å². The number of hydrogen-bond donors (Lipinski definition) is 0. The molecule has 0 aromatic heterocycles. The summed E-state index contributed by atoms with van der Waals surface area (Å²) in [5, 5.41) is 0. The normalized spacial score (nSPS) is 20.1. The molecule has 1 saturated carbocycles. The van der Waals surface area contributed by atoms with Gasteiger partial charge in [0.1, 0.15) is 0 Å². The lowest BCUT2D eigenvalue weighted by Gasteiger charge is -2.29. The molecule has 1 nitrogen and oxygen atoms in total. The second-order valence-electron chi connectivity index (χ2n) is 4.21. The van der Waals surface area contributed by atoms with E-state index in [0.29, 0.717) is 11.5 Å². The molecule has 0 aromatic rings. The molecule has 0 aromatic carbocycles. The van der Waals surface area contributed by atoms with Gasteiger partial charge in [-0.1, -0.05) is 13.5 Å². The fourth-order valence-corrected chi connectivity index (χ4v) is 1.21. The van der Waals surface area contributed by atoms with Crippen LogP contribution in [0.15, 0.2) is 12.3 Å². The smallest absolute Gasteiger partial charge is 0.0227 e. The Morgan fingerprint density at radius 1 is 1.45 bits per heavy atom. The molecule has 1 aliphatic carbocycles. The maximum absolute atomic E-state index is 4.14. The van der Waals surface area contributed by atoms with Crippen LogP contribution in [0.3, 0.4) is 0 Å². The topological polar surface area (TPSA) is 3.24 Å². The molecule has 1 fully saturated rings. The highest BCUT2D eigenvalue weighted by Gasteiger charge is 2.41. The molecule has 0 N–H and O–H groups in total. The number of nitrogens with zero attached hydrogens (tertiary/aromatic N) is 1. The molecule has 11 heavy (non-hydrogen) atoms. The SMILES string of the molecule is C=C(N(C)C(C)C)C1(C)CC1. The second kappa shape index (κ2) is 2.54. The molecule has 0 spiro atoms. The monoisotopic (exact) mass is 153 g/mol. The van der Waals surface area contributed by atoms with Crippen LogP contribution in [-0.2, 0) is 0 Å². The zero-order valence-corrected chi connectivity index (χ0v) is 8.15. The van der Waals surface area contributed by atoms with Gasteiger partial charge in [-0.15, -0.1) is 0 Å². The molecular weight excluding hydrogens is 134 g/mol. The van der Waals surface area contributed by atoms with Crippen LogP contribution in [0.1, 0.15) is 33.6 Å². The molecule has 0 radical (unpaired) electrons. The van der Waals surface area contributed by atoms with Gasteiger partial charge in [0.25, 0.3) is 0 Å². The highest BCUT2D eigenvalue weighted by atomic mass is 15.1. The Bertz CT molecular complexity index is 166. The highest BCUT2D eigenvalue weighted by Crippen LogP contribution is 2.51. The van der Waals surface area contributed by atoms with Crippen LogP contribution in [0, 0.1) is 5.41 Å². The van der Waals surface area contributed by atoms with E-state index in [1.165, 1.54) is 18.5 Å². The molecule has 0 aliphatic heterocycles. The summed E-state index contributed by atoms with van der Waals surface area (Å²) >= 11 is 0. The second-order valence-corrected chi connectivity index (χ2v) is 4.21. The van der Waals surface area contributed by atoms with Gasteiger partial charge in [0.15, 0.2) is 0 Å². The summed E-state index contributed by atoms with van der Waals surface area (Å²) in [6.45, 7) is 10.8. The van der Waals surface area contributed by atoms with E-state index >= 15 is 0 Å². The van der Waals surface area contributed by atoms with E-state index in [-0.39, 0.29) is 0 Å². The van der Waals surface area contributed by atoms with Gasteiger partial charge in [-0.25, -0.2) is 0 Å². The van der Waals surface area contributed by atoms with Crippen molar-refractivity contribution >= 4 is 0 Å². The van der Waals surface area contributed by atoms with Crippen LogP contribution in [0.25, 0.3) is 0 Å². The van der Waals surface area contributed by atoms with Crippen LogP contribution < -0.4 is 0 Å². The first-order chi connectivity index (χ1) is 4.97. The van der Waals surface area contributed by atoms with E-state index in [4.69, 9.17) is 0 Å². The Labute approximate surface area is 70.1 Å². The van der Waals surface area contributed by atoms with Crippen LogP contribution in [-0.4, -0.2) is 18.0 Å². The molecule has 0 unspecified atom stereocenters. The van der Waals surface area contributed by atoms with E-state index < -0.39 is 0 Å². The first-order valence-electron chi connectivity index (χ1n) is 4.39. The highest BCUT2D eigenvalue weighted by molar-refractivity contribution is 5.15. The summed E-state index contributed by atoms with van der Waals surface area (Å²) in [6.07, 6.45) is 2.64. The standard InChI is InChI=1S/C10H19N/c1-8(2)11(5)9(3)10(4)6-7-10/h8H,3,6-7H2,1-2,4-5H3. The summed E-state index contributed by atoms with van der Waals surface area (Å²) in [6, 6.07) is 0.583. The van der Waals surface area contributed by atoms with Crippen molar-refractivity contribution in [3.63, 3.8) is 0 Å². The van der Waals surface area contributed by atoms with Gasteiger partial charge >= 0.3 is 0 Å². The van der Waals surface area contributed by atoms with E-state index in [1.54, 1.807) is 0 Å². The Kier molecular flexibility index (Phi) is 2.00. The van der Waals surface area contributed by atoms with Crippen molar-refractivity contribution in [2.45, 2.75) is 39.7 Å². The Morgan fingerprint density at radius 3 is 2.18 bits per heavy atom. The Balaban J connectivity index is 2.54. The summed E-state index contributed by atoms with van der Waals surface area (Å²) in [7, 11) is 2.14. The number of allylic oxidation sites excluding steroid dienone is 1. The number of rotatable bonds is 3. The summed E-state index contributed by atoms with van der Waals surface area (Å²) in [5.74, 6) is 0. The maximum atomic E-state index is 4.14. The van der Waals surface area contributed by atoms with Gasteiger partial charge < -0.3 is 4.90 Å². The third-order valence-electron chi connectivity index (χ3n) is 2.90. The van der Waals surface area contributed by atoms with Crippen molar-refractivity contribution in [1.29, 1.82) is 0 Å². The van der Waals surface area contributed by atoms with E-state index in [0.717, 1.165) is 0 Å². The van der Waals surface area contributed by atoms with E-state index in [9.17, 15) is 0 Å². The molecule has 64 valence electrons. The van der Waals surface area contributed by atoms with Crippen molar-refractivity contribution in [3.8, 4) is 0 Å². The van der Waals surface area contributed by atoms with Gasteiger partial charge in [-0.3, -0.25) is 0 Å². The summed E-state index contributed by atoms with van der Waals surface area (Å²) in [5.41, 5.74) is 1.76. The molecule has 0 heterocycles. The van der Waals surface area contributed by atoms with Crippen LogP contribution >= 0.6 is 0 Å². The lowest BCUT2D eigenvalue weighted by molar-refractivity contribution is 0.301. The molecule has 0 bridgehead atoms. The predicted molar refractivity (Wildman–Crippen MR) is 49.4 cm³/mol. The van der Waals surface area contributed by atoms with Crippen molar-refractivity contribution < 1.29 is 0 Å². The zero-order chi connectivity index (χ0) is 8.65. The van der Waals surface area contributed by atoms with E-state index in [1.807, 2.05) is 0 Å². The first-order valence-corrected chi connectivity index (χ1v) is 4.39. The van der Waals surface area contributed by atoms with Gasteiger partial charge in [0.2, 0.25) is 0 Å². The van der Waals surface area contributed by atoms with Crippen molar-refractivity contribution in [2.75, 3.05) is 7.05 Å². The minimum atomic E-state index is 0.443. The predicted octanol–water partition coefficient (Wildman–Crippen LogP) is 2.64. The Hall–Kier alpha value is -0.460. The Morgan fingerprint density at radius 2 is 1.91 bits per heavy atom. The van der Waals surface area contributed by atoms with Crippen molar-refractivity contribution in [2.24, 2.45) is 5.41 Å².